The van der Waals surface area contributed by atoms with Crippen LogP contribution >= 0.6 is 11.6 Å². The molecule has 0 spiro atoms. The van der Waals surface area contributed by atoms with E-state index in [-0.39, 0.29) is 0 Å². The fourth-order valence-electron chi connectivity index (χ4n) is 2.90. The highest BCUT2D eigenvalue weighted by Gasteiger charge is 2.16. The summed E-state index contributed by atoms with van der Waals surface area (Å²) >= 11 is 6.26. The van der Waals surface area contributed by atoms with Crippen LogP contribution < -0.4 is 0 Å². The van der Waals surface area contributed by atoms with Crippen molar-refractivity contribution in [1.29, 1.82) is 0 Å². The maximum Gasteiger partial charge on any atom is 0.0499 e. The largest absolute Gasteiger partial charge is 0.295 e. The lowest BCUT2D eigenvalue weighted by Crippen LogP contribution is -2.43. The second kappa shape index (κ2) is 8.84. The van der Waals surface area contributed by atoms with Gasteiger partial charge in [0.15, 0.2) is 0 Å². The first-order valence-corrected chi connectivity index (χ1v) is 9.06. The van der Waals surface area contributed by atoms with Crippen molar-refractivity contribution in [2.24, 2.45) is 5.10 Å². The smallest absolute Gasteiger partial charge is 0.0499 e. The molecule has 4 heteroatoms. The molecule has 1 heterocycles. The van der Waals surface area contributed by atoms with Gasteiger partial charge in [-0.3, -0.25) is 9.91 Å². The highest BCUT2D eigenvalue weighted by Crippen LogP contribution is 2.18. The average Bonchev–Trinajstić information content (AvgIpc) is 2.64. The molecule has 3 rings (SSSR count). The Morgan fingerprint density at radius 1 is 1.00 bits per heavy atom. The second-order valence-corrected chi connectivity index (χ2v) is 6.77. The van der Waals surface area contributed by atoms with E-state index in [0.717, 1.165) is 43.3 Å². The summed E-state index contributed by atoms with van der Waals surface area (Å²) in [7, 11) is 0. The molecule has 0 N–H and O–H groups in total. The molecule has 0 atom stereocenters. The third-order valence-electron chi connectivity index (χ3n) is 4.32. The third kappa shape index (κ3) is 5.45. The van der Waals surface area contributed by atoms with Gasteiger partial charge in [-0.1, -0.05) is 66.2 Å². The Morgan fingerprint density at radius 2 is 1.68 bits per heavy atom. The first-order chi connectivity index (χ1) is 12.2. The molecular weight excluding hydrogens is 330 g/mol. The Labute approximate surface area is 155 Å². The first kappa shape index (κ1) is 17.7. The van der Waals surface area contributed by atoms with Crippen LogP contribution in [0.5, 0.6) is 0 Å². The fraction of sp³-hybridized carbons (Fsp3) is 0.286. The van der Waals surface area contributed by atoms with Crippen molar-refractivity contribution in [1.82, 2.24) is 9.91 Å². The summed E-state index contributed by atoms with van der Waals surface area (Å²) in [5.41, 5.74) is 3.56. The molecule has 0 unspecified atom stereocenters. The molecular formula is C21H24ClN3. The molecule has 0 radical (unpaired) electrons. The van der Waals surface area contributed by atoms with Gasteiger partial charge in [0.2, 0.25) is 0 Å². The van der Waals surface area contributed by atoms with Gasteiger partial charge < -0.3 is 0 Å². The first-order valence-electron chi connectivity index (χ1n) is 8.69. The van der Waals surface area contributed by atoms with Crippen LogP contribution in [0.2, 0.25) is 5.02 Å². The van der Waals surface area contributed by atoms with Crippen molar-refractivity contribution in [2.75, 3.05) is 26.2 Å². The van der Waals surface area contributed by atoms with Gasteiger partial charge in [0.05, 0.1) is 0 Å². The lowest BCUT2D eigenvalue weighted by molar-refractivity contribution is 0.131. The fourth-order valence-corrected chi connectivity index (χ4v) is 3.10. The minimum Gasteiger partial charge on any atom is -0.295 e. The zero-order valence-electron chi connectivity index (χ0n) is 14.6. The van der Waals surface area contributed by atoms with Gasteiger partial charge in [0.25, 0.3) is 0 Å². The van der Waals surface area contributed by atoms with E-state index >= 15 is 0 Å². The molecule has 1 aliphatic rings. The zero-order valence-corrected chi connectivity index (χ0v) is 15.4. The minimum atomic E-state index is 0.852. The maximum absolute atomic E-state index is 6.26. The summed E-state index contributed by atoms with van der Waals surface area (Å²) in [6, 6.07) is 18.4. The zero-order chi connectivity index (χ0) is 17.5. The van der Waals surface area contributed by atoms with Gasteiger partial charge in [0.1, 0.15) is 0 Å². The molecule has 0 aliphatic carbocycles. The van der Waals surface area contributed by atoms with Gasteiger partial charge in [-0.05, 0) is 29.7 Å². The van der Waals surface area contributed by atoms with E-state index in [1.807, 2.05) is 30.5 Å². The number of hydrogen-bond acceptors (Lipinski definition) is 3. The van der Waals surface area contributed by atoms with E-state index in [1.54, 1.807) is 0 Å². The molecule has 0 bridgehead atoms. The molecule has 0 aromatic heterocycles. The van der Waals surface area contributed by atoms with Gasteiger partial charge in [-0.15, -0.1) is 0 Å². The van der Waals surface area contributed by atoms with E-state index in [1.165, 1.54) is 11.1 Å². The average molecular weight is 354 g/mol. The lowest BCUT2D eigenvalue weighted by Gasteiger charge is -2.33. The number of hydrogen-bond donors (Lipinski definition) is 0. The monoisotopic (exact) mass is 353 g/mol. The predicted octanol–water partition coefficient (Wildman–Crippen LogP) is 4.55. The highest BCUT2D eigenvalue weighted by molar-refractivity contribution is 6.31. The van der Waals surface area contributed by atoms with Gasteiger partial charge >= 0.3 is 0 Å². The summed E-state index contributed by atoms with van der Waals surface area (Å²) in [6.45, 7) is 6.89. The number of allylic oxidation sites excluding steroid dienone is 1. The molecule has 0 amide bonds. The number of benzene rings is 2. The van der Waals surface area contributed by atoms with Crippen LogP contribution in [-0.4, -0.2) is 42.3 Å². The topological polar surface area (TPSA) is 18.8 Å². The second-order valence-electron chi connectivity index (χ2n) is 6.36. The van der Waals surface area contributed by atoms with Gasteiger partial charge in [-0.2, -0.15) is 5.10 Å². The van der Waals surface area contributed by atoms with E-state index in [4.69, 9.17) is 11.6 Å². The van der Waals surface area contributed by atoms with Crippen LogP contribution in [0.1, 0.15) is 18.1 Å². The normalized spacial score (nSPS) is 16.6. The van der Waals surface area contributed by atoms with Crippen LogP contribution in [-0.2, 0) is 6.54 Å². The van der Waals surface area contributed by atoms with Crippen LogP contribution in [0.3, 0.4) is 0 Å². The highest BCUT2D eigenvalue weighted by atomic mass is 35.5. The predicted molar refractivity (Wildman–Crippen MR) is 107 cm³/mol. The van der Waals surface area contributed by atoms with Crippen LogP contribution in [0.4, 0.5) is 0 Å². The molecule has 25 heavy (non-hydrogen) atoms. The maximum atomic E-state index is 6.26. The van der Waals surface area contributed by atoms with Crippen LogP contribution in [0.15, 0.2) is 65.3 Å². The number of piperazine rings is 1. The lowest BCUT2D eigenvalue weighted by atomic mass is 10.1. The molecule has 130 valence electrons. The van der Waals surface area contributed by atoms with Crippen molar-refractivity contribution in [3.63, 3.8) is 0 Å². The van der Waals surface area contributed by atoms with Gasteiger partial charge in [0, 0.05) is 44.0 Å². The van der Waals surface area contributed by atoms with Crippen LogP contribution in [0, 0.1) is 0 Å². The Balaban J connectivity index is 1.49. The number of hydrazone groups is 1. The Kier molecular flexibility index (Phi) is 6.26. The van der Waals surface area contributed by atoms with E-state index in [9.17, 15) is 0 Å². The van der Waals surface area contributed by atoms with E-state index < -0.39 is 0 Å². The molecule has 1 fully saturated rings. The molecule has 0 saturated carbocycles. The molecule has 2 aromatic carbocycles. The van der Waals surface area contributed by atoms with Crippen molar-refractivity contribution < 1.29 is 0 Å². The van der Waals surface area contributed by atoms with Crippen molar-refractivity contribution in [2.45, 2.75) is 13.5 Å². The summed E-state index contributed by atoms with van der Waals surface area (Å²) in [4.78, 5) is 2.43. The quantitative estimate of drug-likeness (QED) is 0.734. The summed E-state index contributed by atoms with van der Waals surface area (Å²) < 4.78 is 0. The Hall–Kier alpha value is -2.10. The molecule has 2 aromatic rings. The molecule has 1 aliphatic heterocycles. The standard InChI is InChI=1S/C21H24ClN3/c1-18(15-19-7-3-2-4-8-19)16-23-25-13-11-24(12-14-25)17-20-9-5-6-10-21(20)22/h2-10,15-16H,11-14,17H2,1H3/b18-15-,23-16+. The third-order valence-corrected chi connectivity index (χ3v) is 4.69. The van der Waals surface area contributed by atoms with Crippen molar-refractivity contribution in [3.8, 4) is 0 Å². The number of halogens is 1. The Bertz CT molecular complexity index is 732. The SMILES string of the molecule is CC(=C/c1ccccc1)/C=N/N1CCN(Cc2ccccc2Cl)CC1. The number of nitrogens with zero attached hydrogens (tertiary/aromatic N) is 3. The summed E-state index contributed by atoms with van der Waals surface area (Å²) in [5.74, 6) is 0. The van der Waals surface area contributed by atoms with E-state index in [0.29, 0.717) is 0 Å². The van der Waals surface area contributed by atoms with E-state index in [2.05, 4.69) is 58.3 Å². The van der Waals surface area contributed by atoms with Gasteiger partial charge in [-0.25, -0.2) is 0 Å². The Morgan fingerprint density at radius 3 is 2.40 bits per heavy atom. The minimum absolute atomic E-state index is 0.852. The molecule has 1 saturated heterocycles. The summed E-state index contributed by atoms with van der Waals surface area (Å²) in [6.07, 6.45) is 4.11. The van der Waals surface area contributed by atoms with Crippen LogP contribution in [0.25, 0.3) is 6.08 Å². The summed E-state index contributed by atoms with van der Waals surface area (Å²) in [5, 5.41) is 7.62. The number of rotatable bonds is 5. The molecule has 3 nitrogen and oxygen atoms in total. The van der Waals surface area contributed by atoms with Crippen molar-refractivity contribution >= 4 is 23.9 Å². The van der Waals surface area contributed by atoms with Crippen molar-refractivity contribution in [3.05, 3.63) is 76.3 Å².